The summed E-state index contributed by atoms with van der Waals surface area (Å²) < 4.78 is 1.80. The van der Waals surface area contributed by atoms with Crippen LogP contribution >= 0.6 is 0 Å². The molecule has 0 radical (unpaired) electrons. The van der Waals surface area contributed by atoms with E-state index in [0.29, 0.717) is 6.54 Å². The highest BCUT2D eigenvalue weighted by Gasteiger charge is 2.23. The van der Waals surface area contributed by atoms with Crippen molar-refractivity contribution in [2.45, 2.75) is 39.7 Å². The number of aromatic nitrogens is 2. The fourth-order valence-corrected chi connectivity index (χ4v) is 2.03. The van der Waals surface area contributed by atoms with E-state index in [1.54, 1.807) is 18.5 Å². The number of nitrogen functional groups attached to an aromatic ring is 1. The molecular weight excluding hydrogens is 216 g/mol. The third kappa shape index (κ3) is 3.12. The highest BCUT2D eigenvalue weighted by atomic mass is 16.3. The number of hydrogen-bond donors (Lipinski definition) is 2. The first-order valence-electron chi connectivity index (χ1n) is 6.08. The van der Waals surface area contributed by atoms with Gasteiger partial charge >= 0.3 is 0 Å². The zero-order chi connectivity index (χ0) is 13.2. The van der Waals surface area contributed by atoms with Gasteiger partial charge in [0.25, 0.3) is 0 Å². The van der Waals surface area contributed by atoms with Crippen molar-refractivity contribution in [1.82, 2.24) is 9.78 Å². The Balaban J connectivity index is 3.08. The van der Waals surface area contributed by atoms with Crippen LogP contribution in [0.1, 0.15) is 33.4 Å². The van der Waals surface area contributed by atoms with E-state index in [1.807, 2.05) is 20.9 Å². The second-order valence-corrected chi connectivity index (χ2v) is 4.99. The van der Waals surface area contributed by atoms with E-state index in [2.05, 4.69) is 10.00 Å². The molecule has 0 fully saturated rings. The molecule has 0 spiro atoms. The van der Waals surface area contributed by atoms with Gasteiger partial charge < -0.3 is 15.7 Å². The molecule has 0 aromatic carbocycles. The Bertz CT molecular complexity index is 379. The molecule has 0 amide bonds. The molecule has 98 valence electrons. The Morgan fingerprint density at radius 2 is 2.00 bits per heavy atom. The molecule has 0 saturated heterocycles. The molecule has 0 aliphatic rings. The Kier molecular flexibility index (Phi) is 4.03. The normalized spacial score (nSPS) is 11.9. The van der Waals surface area contributed by atoms with E-state index in [-0.39, 0.29) is 0 Å². The van der Waals surface area contributed by atoms with Crippen LogP contribution in [0.15, 0.2) is 0 Å². The molecule has 5 heteroatoms. The summed E-state index contributed by atoms with van der Waals surface area (Å²) in [5.74, 6) is 0.895. The van der Waals surface area contributed by atoms with Gasteiger partial charge in [-0.25, -0.2) is 0 Å². The van der Waals surface area contributed by atoms with Crippen LogP contribution in [0.4, 0.5) is 11.5 Å². The van der Waals surface area contributed by atoms with Crippen molar-refractivity contribution in [3.05, 3.63) is 5.69 Å². The van der Waals surface area contributed by atoms with Gasteiger partial charge in [0.05, 0.1) is 17.0 Å². The minimum absolute atomic E-state index is 0.538. The molecule has 1 rings (SSSR count). The molecule has 0 aliphatic carbocycles. The molecule has 5 nitrogen and oxygen atoms in total. The van der Waals surface area contributed by atoms with Gasteiger partial charge in [-0.2, -0.15) is 5.10 Å². The second kappa shape index (κ2) is 4.96. The summed E-state index contributed by atoms with van der Waals surface area (Å²) in [5.41, 5.74) is 6.99. The Morgan fingerprint density at radius 1 is 1.41 bits per heavy atom. The molecule has 0 bridgehead atoms. The average molecular weight is 240 g/mol. The molecular formula is C12H24N4O. The number of rotatable bonds is 5. The summed E-state index contributed by atoms with van der Waals surface area (Å²) in [6, 6.07) is 0. The van der Waals surface area contributed by atoms with Crippen LogP contribution in [0.3, 0.4) is 0 Å². The summed E-state index contributed by atoms with van der Waals surface area (Å²) >= 11 is 0. The summed E-state index contributed by atoms with van der Waals surface area (Å²) in [6.07, 6.45) is 0.819. The smallest absolute Gasteiger partial charge is 0.150 e. The minimum atomic E-state index is -0.751. The number of anilines is 2. The second-order valence-electron chi connectivity index (χ2n) is 4.99. The molecule has 0 saturated carbocycles. The van der Waals surface area contributed by atoms with Gasteiger partial charge in [0.1, 0.15) is 5.82 Å². The van der Waals surface area contributed by atoms with Crippen molar-refractivity contribution in [3.63, 3.8) is 0 Å². The quantitative estimate of drug-likeness (QED) is 0.810. The van der Waals surface area contributed by atoms with Crippen molar-refractivity contribution >= 4 is 11.5 Å². The predicted molar refractivity (Wildman–Crippen MR) is 71.2 cm³/mol. The fourth-order valence-electron chi connectivity index (χ4n) is 2.03. The van der Waals surface area contributed by atoms with Gasteiger partial charge in [-0.15, -0.1) is 0 Å². The van der Waals surface area contributed by atoms with Gasteiger partial charge in [-0.1, -0.05) is 6.92 Å². The van der Waals surface area contributed by atoms with Crippen molar-refractivity contribution in [2.24, 2.45) is 7.05 Å². The topological polar surface area (TPSA) is 67.3 Å². The van der Waals surface area contributed by atoms with Gasteiger partial charge in [0.15, 0.2) is 0 Å². The Morgan fingerprint density at radius 3 is 2.35 bits per heavy atom. The van der Waals surface area contributed by atoms with Crippen LogP contribution < -0.4 is 10.6 Å². The standard InChI is InChI=1S/C12H24N4O/c1-6-9-10(13)11(15(5)14-9)16(7-2)8-12(3,4)17/h17H,6-8,13H2,1-5H3. The van der Waals surface area contributed by atoms with Gasteiger partial charge in [0.2, 0.25) is 0 Å². The number of likely N-dealkylation sites (N-methyl/N-ethyl adjacent to an activating group) is 1. The van der Waals surface area contributed by atoms with Crippen molar-refractivity contribution in [1.29, 1.82) is 0 Å². The van der Waals surface area contributed by atoms with Crippen molar-refractivity contribution in [3.8, 4) is 0 Å². The lowest BCUT2D eigenvalue weighted by Crippen LogP contribution is -2.39. The molecule has 1 aromatic heterocycles. The van der Waals surface area contributed by atoms with Gasteiger partial charge in [-0.3, -0.25) is 4.68 Å². The van der Waals surface area contributed by atoms with Crippen LogP contribution in [0.2, 0.25) is 0 Å². The van der Waals surface area contributed by atoms with Crippen LogP contribution in [-0.2, 0) is 13.5 Å². The molecule has 17 heavy (non-hydrogen) atoms. The first kappa shape index (κ1) is 13.8. The fraction of sp³-hybridized carbons (Fsp3) is 0.750. The molecule has 0 atom stereocenters. The van der Waals surface area contributed by atoms with Gasteiger partial charge in [-0.05, 0) is 27.2 Å². The maximum Gasteiger partial charge on any atom is 0.150 e. The number of nitrogens with two attached hydrogens (primary N) is 1. The number of aliphatic hydroxyl groups is 1. The van der Waals surface area contributed by atoms with Gasteiger partial charge in [0, 0.05) is 20.1 Å². The predicted octanol–water partition coefficient (Wildman–Crippen LogP) is 1.16. The summed E-state index contributed by atoms with van der Waals surface area (Å²) in [7, 11) is 1.89. The highest BCUT2D eigenvalue weighted by molar-refractivity contribution is 5.66. The first-order valence-corrected chi connectivity index (χ1v) is 6.08. The Labute approximate surface area is 103 Å². The molecule has 0 unspecified atom stereocenters. The van der Waals surface area contributed by atoms with Crippen LogP contribution in [-0.4, -0.2) is 33.6 Å². The first-order chi connectivity index (χ1) is 7.80. The molecule has 3 N–H and O–H groups in total. The van der Waals surface area contributed by atoms with E-state index < -0.39 is 5.60 Å². The summed E-state index contributed by atoms with van der Waals surface area (Å²) in [4.78, 5) is 2.06. The lowest BCUT2D eigenvalue weighted by atomic mass is 10.1. The van der Waals surface area contributed by atoms with Crippen LogP contribution in [0.5, 0.6) is 0 Å². The molecule has 1 aromatic rings. The maximum absolute atomic E-state index is 9.91. The SMILES string of the molecule is CCc1nn(C)c(N(CC)CC(C)(C)O)c1N. The van der Waals surface area contributed by atoms with Crippen molar-refractivity contribution < 1.29 is 5.11 Å². The zero-order valence-corrected chi connectivity index (χ0v) is 11.5. The third-order valence-corrected chi connectivity index (χ3v) is 2.72. The van der Waals surface area contributed by atoms with Crippen LogP contribution in [0, 0.1) is 0 Å². The van der Waals surface area contributed by atoms with Crippen LogP contribution in [0.25, 0.3) is 0 Å². The minimum Gasteiger partial charge on any atom is -0.394 e. The summed E-state index contributed by atoms with van der Waals surface area (Å²) in [6.45, 7) is 9.00. The molecule has 1 heterocycles. The van der Waals surface area contributed by atoms with E-state index in [4.69, 9.17) is 5.73 Å². The monoisotopic (exact) mass is 240 g/mol. The maximum atomic E-state index is 9.91. The van der Waals surface area contributed by atoms with E-state index >= 15 is 0 Å². The van der Waals surface area contributed by atoms with E-state index in [9.17, 15) is 5.11 Å². The Hall–Kier alpha value is -1.23. The average Bonchev–Trinajstić information content (AvgIpc) is 2.49. The summed E-state index contributed by atoms with van der Waals surface area (Å²) in [5, 5.41) is 14.3. The van der Waals surface area contributed by atoms with E-state index in [1.165, 1.54) is 0 Å². The lowest BCUT2D eigenvalue weighted by Gasteiger charge is -2.29. The lowest BCUT2D eigenvalue weighted by molar-refractivity contribution is 0.0873. The number of nitrogens with zero attached hydrogens (tertiary/aromatic N) is 3. The largest absolute Gasteiger partial charge is 0.394 e. The van der Waals surface area contributed by atoms with Crippen molar-refractivity contribution in [2.75, 3.05) is 23.7 Å². The van der Waals surface area contributed by atoms with E-state index in [0.717, 1.165) is 30.2 Å². The number of hydrogen-bond acceptors (Lipinski definition) is 4. The third-order valence-electron chi connectivity index (χ3n) is 2.72. The molecule has 0 aliphatic heterocycles. The number of aryl methyl sites for hydroxylation is 2. The highest BCUT2D eigenvalue weighted by Crippen LogP contribution is 2.27. The zero-order valence-electron chi connectivity index (χ0n) is 11.5.